The predicted molar refractivity (Wildman–Crippen MR) is 172 cm³/mol. The van der Waals surface area contributed by atoms with Crippen molar-refractivity contribution in [1.82, 2.24) is 29.4 Å². The number of nitrogens with zero attached hydrogens (tertiary/aromatic N) is 6. The summed E-state index contributed by atoms with van der Waals surface area (Å²) in [5, 5.41) is 27.9. The van der Waals surface area contributed by atoms with Crippen LogP contribution in [0.25, 0.3) is 0 Å². The van der Waals surface area contributed by atoms with E-state index < -0.39 is 132 Å². The van der Waals surface area contributed by atoms with Gasteiger partial charge in [-0.3, -0.25) is 43.2 Å². The Kier molecular flexibility index (Phi) is 20.3. The van der Waals surface area contributed by atoms with Crippen molar-refractivity contribution in [3.05, 3.63) is 0 Å². The van der Waals surface area contributed by atoms with E-state index in [1.165, 1.54) is 21.3 Å². The fraction of sp³-hybridized carbons (Fsp3) is 0.700. The molecule has 0 unspecified atom stereocenters. The Labute approximate surface area is 294 Å². The number of carboxylic acid groups (broad SMARTS) is 3. The molecule has 0 atom stereocenters. The Bertz CT molecular complexity index is 1100. The fourth-order valence-electron chi connectivity index (χ4n) is 4.63. The summed E-state index contributed by atoms with van der Waals surface area (Å²) in [5.74, 6) is -8.87. The molecule has 21 heteroatoms. The van der Waals surface area contributed by atoms with E-state index in [4.69, 9.17) is 14.2 Å². The number of ether oxygens (including phenoxy) is 3. The molecule has 1 rings (SSSR count). The quantitative estimate of drug-likeness (QED) is 0.123. The third-order valence-corrected chi connectivity index (χ3v) is 7.56. The van der Waals surface area contributed by atoms with E-state index in [9.17, 15) is 58.5 Å². The van der Waals surface area contributed by atoms with Crippen LogP contribution in [-0.2, 0) is 57.4 Å². The minimum atomic E-state index is -1.29. The second kappa shape index (κ2) is 23.5. The molecule has 1 aliphatic rings. The van der Waals surface area contributed by atoms with Crippen LogP contribution in [0, 0.1) is 0 Å². The highest BCUT2D eigenvalue weighted by molar-refractivity contribution is 5.94. The molecule has 21 nitrogen and oxygen atoms in total. The molecule has 0 aromatic rings. The fourth-order valence-corrected chi connectivity index (χ4v) is 4.63. The summed E-state index contributed by atoms with van der Waals surface area (Å²) >= 11 is 0. The van der Waals surface area contributed by atoms with Crippen molar-refractivity contribution in [2.24, 2.45) is 0 Å². The number of methoxy groups -OCH3 is 3. The summed E-state index contributed by atoms with van der Waals surface area (Å²) < 4.78 is 15.2. The molecular weight excluding hydrogens is 684 g/mol. The molecule has 3 N–H and O–H groups in total. The van der Waals surface area contributed by atoms with Crippen molar-refractivity contribution in [3.8, 4) is 0 Å². The third-order valence-electron chi connectivity index (χ3n) is 7.56. The van der Waals surface area contributed by atoms with Gasteiger partial charge >= 0.3 is 17.9 Å². The molecule has 1 fully saturated rings. The van der Waals surface area contributed by atoms with E-state index in [0.29, 0.717) is 0 Å². The first-order valence-electron chi connectivity index (χ1n) is 15.9. The van der Waals surface area contributed by atoms with Gasteiger partial charge in [-0.25, -0.2) is 0 Å². The topological polar surface area (TPSA) is 261 Å². The van der Waals surface area contributed by atoms with Crippen molar-refractivity contribution in [2.75, 3.05) is 120 Å². The van der Waals surface area contributed by atoms with Gasteiger partial charge in [0.15, 0.2) is 0 Å². The number of carbonyl (C=O) groups is 9. The van der Waals surface area contributed by atoms with Crippen molar-refractivity contribution < 1.29 is 72.7 Å². The zero-order chi connectivity index (χ0) is 38.5. The van der Waals surface area contributed by atoms with Crippen LogP contribution in [0.4, 0.5) is 0 Å². The average Bonchev–Trinajstić information content (AvgIpc) is 3.07. The highest BCUT2D eigenvalue weighted by atomic mass is 16.5. The lowest BCUT2D eigenvalue weighted by molar-refractivity contribution is -0.151. The van der Waals surface area contributed by atoms with E-state index in [2.05, 4.69) is 0 Å². The molecule has 0 spiro atoms. The molecule has 1 aliphatic heterocycles. The van der Waals surface area contributed by atoms with Crippen LogP contribution >= 0.6 is 0 Å². The van der Waals surface area contributed by atoms with Crippen LogP contribution in [0.5, 0.6) is 0 Å². The summed E-state index contributed by atoms with van der Waals surface area (Å²) in [6.45, 7) is -6.36. The minimum absolute atomic E-state index is 0.0687. The van der Waals surface area contributed by atoms with Gasteiger partial charge in [0.1, 0.15) is 0 Å². The Balaban J connectivity index is 3.77. The van der Waals surface area contributed by atoms with Crippen LogP contribution in [0.15, 0.2) is 0 Å². The molecule has 0 bridgehead atoms. The lowest BCUT2D eigenvalue weighted by Crippen LogP contribution is -2.54. The standard InChI is InChI=1S/C30H48N6O15/c1-49-13-10-34-19-22(37)32(8-5-29(45)46)17-26(41)36(12-15-51-3)21-24(39)33(9-6-30(47)48)18-27(42)35(11-14-50-2)20-23(38)31(16-25(34)40)7-4-28(43)44/h4-21H2,1-3H3,(H,43,44)(H,45,46)(H,47,48). The van der Waals surface area contributed by atoms with Crippen molar-refractivity contribution in [2.45, 2.75) is 19.3 Å². The largest absolute Gasteiger partial charge is 0.481 e. The van der Waals surface area contributed by atoms with Crippen LogP contribution in [0.2, 0.25) is 0 Å². The van der Waals surface area contributed by atoms with E-state index >= 15 is 0 Å². The van der Waals surface area contributed by atoms with E-state index in [1.54, 1.807) is 0 Å². The van der Waals surface area contributed by atoms with Gasteiger partial charge in [0.2, 0.25) is 35.4 Å². The van der Waals surface area contributed by atoms with Gasteiger partial charge in [0.05, 0.1) is 78.4 Å². The molecule has 0 aromatic carbocycles. The number of rotatable bonds is 18. The van der Waals surface area contributed by atoms with Crippen molar-refractivity contribution in [3.63, 3.8) is 0 Å². The maximum absolute atomic E-state index is 13.6. The van der Waals surface area contributed by atoms with Gasteiger partial charge < -0.3 is 58.9 Å². The smallest absolute Gasteiger partial charge is 0.305 e. The number of carboxylic acids is 3. The number of aliphatic carboxylic acids is 3. The second-order valence-electron chi connectivity index (χ2n) is 11.3. The molecule has 0 aromatic heterocycles. The molecule has 1 saturated heterocycles. The molecule has 0 radical (unpaired) electrons. The zero-order valence-corrected chi connectivity index (χ0v) is 29.2. The summed E-state index contributed by atoms with van der Waals surface area (Å²) in [5.41, 5.74) is 0. The van der Waals surface area contributed by atoms with Crippen molar-refractivity contribution in [1.29, 1.82) is 0 Å². The first-order valence-corrected chi connectivity index (χ1v) is 15.9. The van der Waals surface area contributed by atoms with Crippen LogP contribution in [0.3, 0.4) is 0 Å². The van der Waals surface area contributed by atoms with E-state index in [0.717, 1.165) is 29.4 Å². The lowest BCUT2D eigenvalue weighted by Gasteiger charge is -2.33. The predicted octanol–water partition coefficient (Wildman–Crippen LogP) is -3.67. The highest BCUT2D eigenvalue weighted by Crippen LogP contribution is 2.08. The molecule has 51 heavy (non-hydrogen) atoms. The van der Waals surface area contributed by atoms with E-state index in [-0.39, 0.29) is 39.5 Å². The Morgan fingerprint density at radius 3 is 0.745 bits per heavy atom. The highest BCUT2D eigenvalue weighted by Gasteiger charge is 2.31. The number of carbonyl (C=O) groups excluding carboxylic acids is 6. The van der Waals surface area contributed by atoms with Gasteiger partial charge in [-0.1, -0.05) is 0 Å². The number of hydrogen-bond acceptors (Lipinski definition) is 12. The molecule has 6 amide bonds. The molecule has 0 saturated carbocycles. The summed E-state index contributed by atoms with van der Waals surface area (Å²) in [6, 6.07) is 0. The average molecular weight is 733 g/mol. The first kappa shape index (κ1) is 44.1. The monoisotopic (exact) mass is 732 g/mol. The Hall–Kier alpha value is -4.89. The zero-order valence-electron chi connectivity index (χ0n) is 29.2. The summed E-state index contributed by atoms with van der Waals surface area (Å²) in [4.78, 5) is 121. The molecule has 0 aliphatic carbocycles. The second-order valence-corrected chi connectivity index (χ2v) is 11.3. The van der Waals surface area contributed by atoms with Crippen molar-refractivity contribution >= 4 is 53.4 Å². The molecule has 288 valence electrons. The van der Waals surface area contributed by atoms with Gasteiger partial charge in [-0.15, -0.1) is 0 Å². The maximum atomic E-state index is 13.6. The van der Waals surface area contributed by atoms with Gasteiger partial charge in [0, 0.05) is 60.6 Å². The van der Waals surface area contributed by atoms with Gasteiger partial charge in [-0.2, -0.15) is 0 Å². The van der Waals surface area contributed by atoms with Gasteiger partial charge in [0.25, 0.3) is 0 Å². The lowest BCUT2D eigenvalue weighted by atomic mass is 10.2. The Morgan fingerprint density at radius 2 is 0.588 bits per heavy atom. The molecule has 1 heterocycles. The maximum Gasteiger partial charge on any atom is 0.305 e. The summed E-state index contributed by atoms with van der Waals surface area (Å²) in [6.07, 6.45) is -1.74. The normalized spacial score (nSPS) is 16.5. The van der Waals surface area contributed by atoms with Crippen LogP contribution < -0.4 is 0 Å². The number of amides is 6. The van der Waals surface area contributed by atoms with Gasteiger partial charge in [-0.05, 0) is 0 Å². The summed E-state index contributed by atoms with van der Waals surface area (Å²) in [7, 11) is 4.00. The van der Waals surface area contributed by atoms with E-state index in [1.807, 2.05) is 0 Å². The van der Waals surface area contributed by atoms with Crippen LogP contribution in [0.1, 0.15) is 19.3 Å². The first-order chi connectivity index (χ1) is 24.1. The SMILES string of the molecule is COCCN1CC(=O)N(CCC(=O)O)CC(=O)N(CCOC)CC(=O)N(CCC(=O)O)CC(=O)N(CCOC)CC(=O)N(CCC(=O)O)CC1=O. The Morgan fingerprint density at radius 1 is 0.412 bits per heavy atom. The third kappa shape index (κ3) is 17.1. The van der Waals surface area contributed by atoms with Crippen LogP contribution in [-0.4, -0.2) is 218 Å². The number of hydrogen-bond donors (Lipinski definition) is 3. The minimum Gasteiger partial charge on any atom is -0.481 e. The molecular formula is C30H48N6O15.